The van der Waals surface area contributed by atoms with Gasteiger partial charge in [-0.2, -0.15) is 4.39 Å². The first-order valence-electron chi connectivity index (χ1n) is 10.8. The predicted octanol–water partition coefficient (Wildman–Crippen LogP) is 0.785. The number of nitrogens with two attached hydrogens (primary N) is 1. The Bertz CT molecular complexity index is 995. The van der Waals surface area contributed by atoms with E-state index < -0.39 is 23.4 Å². The number of nitrogens with one attached hydrogen (secondary N) is 1. The average Bonchev–Trinajstić information content (AvgIpc) is 2.75. The van der Waals surface area contributed by atoms with Gasteiger partial charge in [-0.25, -0.2) is 14.4 Å². The van der Waals surface area contributed by atoms with Crippen molar-refractivity contribution in [2.75, 3.05) is 42.9 Å². The number of hydrogen-bond acceptors (Lipinski definition) is 8. The number of hydrogen-bond donors (Lipinski definition) is 4. The Morgan fingerprint density at radius 2 is 2.15 bits per heavy atom. The molecule has 1 aromatic heterocycles. The van der Waals surface area contributed by atoms with Crippen molar-refractivity contribution in [2.24, 2.45) is 5.73 Å². The predicted molar refractivity (Wildman–Crippen MR) is 120 cm³/mol. The molecular formula is C22H30F2N6O3. The van der Waals surface area contributed by atoms with Gasteiger partial charge in [-0.3, -0.25) is 9.69 Å². The number of aliphatic hydroxyl groups excluding tert-OH is 1. The zero-order chi connectivity index (χ0) is 24.2. The van der Waals surface area contributed by atoms with E-state index in [0.29, 0.717) is 18.7 Å². The third-order valence-corrected chi connectivity index (χ3v) is 5.88. The number of benzene rings is 1. The summed E-state index contributed by atoms with van der Waals surface area (Å²) in [6.07, 6.45) is 0.172. The Kier molecular flexibility index (Phi) is 7.77. The first-order chi connectivity index (χ1) is 15.6. The molecule has 0 aliphatic carbocycles. The summed E-state index contributed by atoms with van der Waals surface area (Å²) in [4.78, 5) is 22.3. The Labute approximate surface area is 191 Å². The molecule has 1 aromatic carbocycles. The Morgan fingerprint density at radius 1 is 1.39 bits per heavy atom. The topological polar surface area (TPSA) is 128 Å². The summed E-state index contributed by atoms with van der Waals surface area (Å²) in [5.41, 5.74) is 4.85. The minimum absolute atomic E-state index is 0.00112. The van der Waals surface area contributed by atoms with E-state index in [9.17, 15) is 19.4 Å². The summed E-state index contributed by atoms with van der Waals surface area (Å²) in [5.74, 6) is -1.77. The third-order valence-electron chi connectivity index (χ3n) is 5.88. The first-order valence-corrected chi connectivity index (χ1v) is 10.8. The highest BCUT2D eigenvalue weighted by atomic mass is 19.1. The van der Waals surface area contributed by atoms with Gasteiger partial charge < -0.3 is 26.2 Å². The highest BCUT2D eigenvalue weighted by molar-refractivity contribution is 5.75. The molecule has 2 atom stereocenters. The summed E-state index contributed by atoms with van der Waals surface area (Å²) >= 11 is 0. The van der Waals surface area contributed by atoms with Crippen molar-refractivity contribution in [1.82, 2.24) is 14.9 Å². The lowest BCUT2D eigenvalue weighted by molar-refractivity contribution is -0.127. The third kappa shape index (κ3) is 5.92. The minimum Gasteiger partial charge on any atom is -0.389 e. The molecule has 0 bridgehead atoms. The molecule has 0 radical (unpaired) electrons. The number of carbonyl (C=O) groups is 1. The van der Waals surface area contributed by atoms with Crippen LogP contribution in [0.4, 0.5) is 20.4 Å². The maximum atomic E-state index is 15.2. The van der Waals surface area contributed by atoms with E-state index in [2.05, 4.69) is 15.3 Å². The molecule has 0 spiro atoms. The van der Waals surface area contributed by atoms with Gasteiger partial charge >= 0.3 is 0 Å². The molecule has 1 aliphatic rings. The first kappa shape index (κ1) is 24.7. The van der Waals surface area contributed by atoms with Crippen molar-refractivity contribution in [1.29, 1.82) is 0 Å². The van der Waals surface area contributed by atoms with Crippen LogP contribution < -0.4 is 16.0 Å². The number of β-amino-alcohol motifs (C(OH)–C–C–N with tert-alkyl or cyclic N) is 1. The number of aliphatic hydroxyl groups is 2. The number of halogens is 2. The number of carbonyl (C=O) groups excluding carboxylic acids is 1. The van der Waals surface area contributed by atoms with E-state index in [1.165, 1.54) is 12.4 Å². The number of piperidine rings is 1. The largest absolute Gasteiger partial charge is 0.389 e. The van der Waals surface area contributed by atoms with Crippen molar-refractivity contribution < 1.29 is 23.8 Å². The van der Waals surface area contributed by atoms with Crippen molar-refractivity contribution in [3.05, 3.63) is 47.3 Å². The highest BCUT2D eigenvalue weighted by Crippen LogP contribution is 2.27. The zero-order valence-corrected chi connectivity index (χ0v) is 18.8. The summed E-state index contributed by atoms with van der Waals surface area (Å²) in [7, 11) is 0. The molecule has 1 fully saturated rings. The Hall–Kier alpha value is -2.89. The summed E-state index contributed by atoms with van der Waals surface area (Å²) in [6.45, 7) is 4.32. The molecular weight excluding hydrogens is 434 g/mol. The fourth-order valence-electron chi connectivity index (χ4n) is 3.86. The Morgan fingerprint density at radius 3 is 2.79 bits per heavy atom. The lowest BCUT2D eigenvalue weighted by Crippen LogP contribution is -2.59. The van der Waals surface area contributed by atoms with Gasteiger partial charge in [0.1, 0.15) is 17.7 Å². The van der Waals surface area contributed by atoms with Crippen LogP contribution in [0, 0.1) is 18.6 Å². The van der Waals surface area contributed by atoms with Crippen LogP contribution in [0.3, 0.4) is 0 Å². The molecule has 0 unspecified atom stereocenters. The quantitative estimate of drug-likeness (QED) is 0.429. The van der Waals surface area contributed by atoms with E-state index in [1.807, 2.05) is 0 Å². The second-order valence-electron chi connectivity index (χ2n) is 8.39. The van der Waals surface area contributed by atoms with Gasteiger partial charge in [-0.05, 0) is 31.9 Å². The molecule has 1 aliphatic heterocycles. The van der Waals surface area contributed by atoms with E-state index in [-0.39, 0.29) is 50.1 Å². The molecule has 11 heteroatoms. The van der Waals surface area contributed by atoms with Crippen LogP contribution in [0.1, 0.15) is 24.5 Å². The van der Waals surface area contributed by atoms with Crippen LogP contribution in [0.25, 0.3) is 0 Å². The van der Waals surface area contributed by atoms with Gasteiger partial charge in [0, 0.05) is 38.3 Å². The van der Waals surface area contributed by atoms with Gasteiger partial charge in [0.25, 0.3) is 0 Å². The second kappa shape index (κ2) is 10.4. The minimum atomic E-state index is -1.54. The molecule has 1 saturated heterocycles. The number of nitrogens with zero attached hydrogens (tertiary/aromatic N) is 4. The van der Waals surface area contributed by atoms with Crippen molar-refractivity contribution in [3.8, 4) is 0 Å². The standard InChI is InChI=1S/C22H30F2N6O3/c1-3-30(9-15-5-4-14(2)8-16(15)23)21-19(24)20(27-13-28-21)26-12-22(33)6-7-29(10-17(22)31)11-18(25)32/h4-5,8,13,17,31,33H,3,6-7,9-12H2,1-2H3,(H2,25,32)(H,26,27,28)/t17-,22-/m1/s1. The van der Waals surface area contributed by atoms with Gasteiger partial charge in [-0.1, -0.05) is 12.1 Å². The van der Waals surface area contributed by atoms with Crippen LogP contribution in [-0.4, -0.2) is 75.4 Å². The van der Waals surface area contributed by atoms with Crippen LogP contribution in [0.5, 0.6) is 0 Å². The lowest BCUT2D eigenvalue weighted by atomic mass is 9.88. The van der Waals surface area contributed by atoms with Gasteiger partial charge in [-0.15, -0.1) is 0 Å². The van der Waals surface area contributed by atoms with Gasteiger partial charge in [0.05, 0.1) is 12.6 Å². The van der Waals surface area contributed by atoms with E-state index in [4.69, 9.17) is 5.73 Å². The van der Waals surface area contributed by atoms with Crippen LogP contribution in [0.15, 0.2) is 24.5 Å². The molecule has 2 heterocycles. The maximum absolute atomic E-state index is 15.2. The molecule has 3 rings (SSSR count). The number of primary amides is 1. The second-order valence-corrected chi connectivity index (χ2v) is 8.39. The number of aromatic nitrogens is 2. The number of likely N-dealkylation sites (tertiary alicyclic amines) is 1. The summed E-state index contributed by atoms with van der Waals surface area (Å²) in [5, 5.41) is 24.0. The summed E-state index contributed by atoms with van der Waals surface area (Å²) < 4.78 is 29.5. The summed E-state index contributed by atoms with van der Waals surface area (Å²) in [6, 6.07) is 4.87. The van der Waals surface area contributed by atoms with Gasteiger partial charge in [0.2, 0.25) is 11.7 Å². The number of rotatable bonds is 9. The molecule has 2 aromatic rings. The molecule has 9 nitrogen and oxygen atoms in total. The fourth-order valence-corrected chi connectivity index (χ4v) is 3.86. The number of aryl methyl sites for hydroxylation is 1. The van der Waals surface area contributed by atoms with E-state index in [1.54, 1.807) is 35.8 Å². The van der Waals surface area contributed by atoms with Crippen molar-refractivity contribution in [3.63, 3.8) is 0 Å². The van der Waals surface area contributed by atoms with Crippen LogP contribution in [-0.2, 0) is 11.3 Å². The van der Waals surface area contributed by atoms with Crippen molar-refractivity contribution >= 4 is 17.5 Å². The fraction of sp³-hybridized carbons (Fsp3) is 0.500. The SMILES string of the molecule is CCN(Cc1ccc(C)cc1F)c1ncnc(NC[C@]2(O)CCN(CC(N)=O)C[C@H]2O)c1F. The maximum Gasteiger partial charge on any atom is 0.231 e. The number of amides is 1. The average molecular weight is 465 g/mol. The monoisotopic (exact) mass is 464 g/mol. The Balaban J connectivity index is 1.71. The molecule has 1 amide bonds. The van der Waals surface area contributed by atoms with Crippen molar-refractivity contribution in [2.45, 2.75) is 38.5 Å². The number of anilines is 2. The highest BCUT2D eigenvalue weighted by Gasteiger charge is 2.41. The molecule has 0 saturated carbocycles. The van der Waals surface area contributed by atoms with Gasteiger partial charge in [0.15, 0.2) is 11.6 Å². The smallest absolute Gasteiger partial charge is 0.231 e. The normalized spacial score (nSPS) is 21.1. The zero-order valence-electron chi connectivity index (χ0n) is 18.8. The lowest BCUT2D eigenvalue weighted by Gasteiger charge is -2.41. The molecule has 180 valence electrons. The van der Waals surface area contributed by atoms with E-state index in [0.717, 1.165) is 5.56 Å². The molecule has 33 heavy (non-hydrogen) atoms. The van der Waals surface area contributed by atoms with Crippen LogP contribution >= 0.6 is 0 Å². The van der Waals surface area contributed by atoms with Crippen LogP contribution in [0.2, 0.25) is 0 Å². The van der Waals surface area contributed by atoms with E-state index >= 15 is 4.39 Å². The molecule has 5 N–H and O–H groups in total.